The molecule has 0 bridgehead atoms. The van der Waals surface area contributed by atoms with Crippen molar-refractivity contribution in [1.82, 2.24) is 9.88 Å². The van der Waals surface area contributed by atoms with E-state index in [1.165, 1.54) is 18.5 Å². The second kappa shape index (κ2) is 5.95. The van der Waals surface area contributed by atoms with Crippen molar-refractivity contribution in [2.45, 2.75) is 6.42 Å². The van der Waals surface area contributed by atoms with E-state index in [1.807, 2.05) is 19.0 Å². The van der Waals surface area contributed by atoms with Crippen molar-refractivity contribution in [2.75, 3.05) is 26.0 Å². The molecule has 1 rings (SSSR count). The average Bonchev–Trinajstić information content (AvgIpc) is 2.26. The monoisotopic (exact) mass is 237 g/mol. The van der Waals surface area contributed by atoms with Crippen molar-refractivity contribution < 1.29 is 14.7 Å². The Labute approximate surface area is 99.3 Å². The van der Waals surface area contributed by atoms with E-state index in [1.54, 1.807) is 0 Å². The summed E-state index contributed by atoms with van der Waals surface area (Å²) < 4.78 is 0. The zero-order valence-corrected chi connectivity index (χ0v) is 9.80. The number of anilines is 1. The molecule has 0 saturated carbocycles. The van der Waals surface area contributed by atoms with Gasteiger partial charge in [-0.3, -0.25) is 9.78 Å². The highest BCUT2D eigenvalue weighted by molar-refractivity contribution is 5.93. The predicted molar refractivity (Wildman–Crippen MR) is 63.0 cm³/mol. The molecule has 0 saturated heterocycles. The summed E-state index contributed by atoms with van der Waals surface area (Å²) in [6, 6.07) is 1.38. The molecule has 0 atom stereocenters. The van der Waals surface area contributed by atoms with Crippen molar-refractivity contribution in [3.05, 3.63) is 24.0 Å². The molecule has 0 aliphatic heterocycles. The number of hydrogen-bond acceptors (Lipinski definition) is 4. The summed E-state index contributed by atoms with van der Waals surface area (Å²) in [6.07, 6.45) is 3.00. The van der Waals surface area contributed by atoms with Crippen LogP contribution in [0.3, 0.4) is 0 Å². The standard InChI is InChI=1S/C11H15N3O3/c1-14(2)4-3-10(15)13-9-5-8(11(16)17)6-12-7-9/h5-7H,3-4H2,1-2H3,(H,13,15)(H,16,17). The summed E-state index contributed by atoms with van der Waals surface area (Å²) in [5.41, 5.74) is 0.448. The van der Waals surface area contributed by atoms with Gasteiger partial charge in [0.05, 0.1) is 17.4 Å². The SMILES string of the molecule is CN(C)CCC(=O)Nc1cncc(C(=O)O)c1. The highest BCUT2D eigenvalue weighted by Crippen LogP contribution is 2.08. The minimum Gasteiger partial charge on any atom is -0.478 e. The second-order valence-corrected chi connectivity index (χ2v) is 3.87. The molecule has 2 N–H and O–H groups in total. The van der Waals surface area contributed by atoms with Gasteiger partial charge in [-0.25, -0.2) is 4.79 Å². The smallest absolute Gasteiger partial charge is 0.337 e. The molecule has 1 amide bonds. The molecule has 0 radical (unpaired) electrons. The summed E-state index contributed by atoms with van der Waals surface area (Å²) in [5, 5.41) is 11.4. The van der Waals surface area contributed by atoms with Gasteiger partial charge in [-0.2, -0.15) is 0 Å². The van der Waals surface area contributed by atoms with Gasteiger partial charge in [0.2, 0.25) is 5.91 Å². The van der Waals surface area contributed by atoms with E-state index in [9.17, 15) is 9.59 Å². The lowest BCUT2D eigenvalue weighted by Crippen LogP contribution is -2.21. The number of rotatable bonds is 5. The van der Waals surface area contributed by atoms with Crippen LogP contribution in [0.5, 0.6) is 0 Å². The first-order valence-corrected chi connectivity index (χ1v) is 5.12. The minimum absolute atomic E-state index is 0.0513. The second-order valence-electron chi connectivity index (χ2n) is 3.87. The largest absolute Gasteiger partial charge is 0.478 e. The third-order valence-electron chi connectivity index (χ3n) is 2.06. The van der Waals surface area contributed by atoms with Gasteiger partial charge in [-0.05, 0) is 20.2 Å². The molecular weight excluding hydrogens is 222 g/mol. The van der Waals surface area contributed by atoms with Gasteiger partial charge in [0.25, 0.3) is 0 Å². The van der Waals surface area contributed by atoms with Crippen LogP contribution in [0.15, 0.2) is 18.5 Å². The Hall–Kier alpha value is -1.95. The van der Waals surface area contributed by atoms with Gasteiger partial charge in [0.15, 0.2) is 0 Å². The molecule has 1 heterocycles. The first kappa shape index (κ1) is 13.1. The molecule has 0 unspecified atom stereocenters. The Balaban J connectivity index is 2.59. The number of amides is 1. The molecule has 1 aromatic heterocycles. The van der Waals surface area contributed by atoms with Crippen LogP contribution in [0.25, 0.3) is 0 Å². The fraction of sp³-hybridized carbons (Fsp3) is 0.364. The summed E-state index contributed by atoms with van der Waals surface area (Å²) in [6.45, 7) is 0.637. The maximum atomic E-state index is 11.5. The van der Waals surface area contributed by atoms with Crippen molar-refractivity contribution in [1.29, 1.82) is 0 Å². The van der Waals surface area contributed by atoms with E-state index >= 15 is 0 Å². The minimum atomic E-state index is -1.07. The van der Waals surface area contributed by atoms with Crippen molar-refractivity contribution in [3.8, 4) is 0 Å². The number of carboxylic acid groups (broad SMARTS) is 1. The number of aromatic nitrogens is 1. The quantitative estimate of drug-likeness (QED) is 0.786. The third-order valence-corrected chi connectivity index (χ3v) is 2.06. The molecule has 0 spiro atoms. The van der Waals surface area contributed by atoms with E-state index in [0.717, 1.165) is 0 Å². The fourth-order valence-electron chi connectivity index (χ4n) is 1.17. The number of carboxylic acids is 1. The number of hydrogen-bond donors (Lipinski definition) is 2. The highest BCUT2D eigenvalue weighted by atomic mass is 16.4. The van der Waals surface area contributed by atoms with Gasteiger partial charge in [0, 0.05) is 19.2 Å². The Bertz CT molecular complexity index is 418. The third kappa shape index (κ3) is 4.60. The molecule has 1 aromatic rings. The van der Waals surface area contributed by atoms with Crippen molar-refractivity contribution in [3.63, 3.8) is 0 Å². The molecule has 6 heteroatoms. The van der Waals surface area contributed by atoms with Gasteiger partial charge in [-0.1, -0.05) is 0 Å². The lowest BCUT2D eigenvalue weighted by molar-refractivity contribution is -0.116. The molecule has 0 fully saturated rings. The van der Waals surface area contributed by atoms with Crippen LogP contribution >= 0.6 is 0 Å². The number of aromatic carboxylic acids is 1. The number of nitrogens with one attached hydrogen (secondary N) is 1. The predicted octanol–water partition coefficient (Wildman–Crippen LogP) is 0.670. The Morgan fingerprint density at radius 3 is 2.71 bits per heavy atom. The Morgan fingerprint density at radius 1 is 1.41 bits per heavy atom. The maximum Gasteiger partial charge on any atom is 0.337 e. The number of carbonyl (C=O) groups excluding carboxylic acids is 1. The van der Waals surface area contributed by atoms with Gasteiger partial charge in [0.1, 0.15) is 0 Å². The van der Waals surface area contributed by atoms with E-state index in [0.29, 0.717) is 18.7 Å². The molecule has 0 aromatic carbocycles. The topological polar surface area (TPSA) is 82.5 Å². The zero-order valence-electron chi connectivity index (χ0n) is 9.80. The molecule has 0 aliphatic rings. The number of carbonyl (C=O) groups is 2. The van der Waals surface area contributed by atoms with E-state index < -0.39 is 5.97 Å². The van der Waals surface area contributed by atoms with Crippen LogP contribution < -0.4 is 5.32 Å². The van der Waals surface area contributed by atoms with Crippen LogP contribution in [-0.4, -0.2) is 47.5 Å². The lowest BCUT2D eigenvalue weighted by atomic mass is 10.2. The summed E-state index contributed by atoms with van der Waals surface area (Å²) >= 11 is 0. The van der Waals surface area contributed by atoms with Crippen LogP contribution in [0.1, 0.15) is 16.8 Å². The van der Waals surface area contributed by atoms with E-state index in [2.05, 4.69) is 10.3 Å². The fourth-order valence-corrected chi connectivity index (χ4v) is 1.17. The highest BCUT2D eigenvalue weighted by Gasteiger charge is 2.07. The van der Waals surface area contributed by atoms with Crippen LogP contribution in [0.4, 0.5) is 5.69 Å². The number of nitrogens with zero attached hydrogens (tertiary/aromatic N) is 2. The van der Waals surface area contributed by atoms with E-state index in [4.69, 9.17) is 5.11 Å². The molecule has 6 nitrogen and oxygen atoms in total. The normalized spacial score (nSPS) is 10.3. The van der Waals surface area contributed by atoms with Gasteiger partial charge in [-0.15, -0.1) is 0 Å². The maximum absolute atomic E-state index is 11.5. The molecule has 17 heavy (non-hydrogen) atoms. The average molecular weight is 237 g/mol. The molecule has 0 aliphatic carbocycles. The lowest BCUT2D eigenvalue weighted by Gasteiger charge is -2.09. The van der Waals surface area contributed by atoms with Crippen molar-refractivity contribution in [2.24, 2.45) is 0 Å². The van der Waals surface area contributed by atoms with Gasteiger partial charge >= 0.3 is 5.97 Å². The summed E-state index contributed by atoms with van der Waals surface area (Å²) in [7, 11) is 3.75. The summed E-state index contributed by atoms with van der Waals surface area (Å²) in [5.74, 6) is -1.23. The zero-order chi connectivity index (χ0) is 12.8. The Kier molecular flexibility index (Phi) is 4.59. The van der Waals surface area contributed by atoms with Crippen LogP contribution in [-0.2, 0) is 4.79 Å². The van der Waals surface area contributed by atoms with Crippen LogP contribution in [0, 0.1) is 0 Å². The van der Waals surface area contributed by atoms with Crippen molar-refractivity contribution >= 4 is 17.6 Å². The summed E-state index contributed by atoms with van der Waals surface area (Å²) in [4.78, 5) is 27.8. The number of pyridine rings is 1. The Morgan fingerprint density at radius 2 is 2.12 bits per heavy atom. The molecular formula is C11H15N3O3. The first-order chi connectivity index (χ1) is 7.99. The van der Waals surface area contributed by atoms with Crippen LogP contribution in [0.2, 0.25) is 0 Å². The van der Waals surface area contributed by atoms with E-state index in [-0.39, 0.29) is 11.5 Å². The molecule has 92 valence electrons. The van der Waals surface area contributed by atoms with Gasteiger partial charge < -0.3 is 15.3 Å². The first-order valence-electron chi connectivity index (χ1n) is 5.12.